The average molecular weight is 257 g/mol. The third-order valence-electron chi connectivity index (χ3n) is 2.62. The molecule has 17 heavy (non-hydrogen) atoms. The van der Waals surface area contributed by atoms with Gasteiger partial charge in [-0.2, -0.15) is 0 Å². The first-order valence-electron chi connectivity index (χ1n) is 5.77. The molecule has 96 valence electrons. The van der Waals surface area contributed by atoms with Gasteiger partial charge in [-0.1, -0.05) is 0 Å². The summed E-state index contributed by atoms with van der Waals surface area (Å²) in [6, 6.07) is 5.15. The van der Waals surface area contributed by atoms with Gasteiger partial charge >= 0.3 is 0 Å². The van der Waals surface area contributed by atoms with Crippen LogP contribution in [0.2, 0.25) is 0 Å². The van der Waals surface area contributed by atoms with Crippen molar-refractivity contribution in [3.63, 3.8) is 0 Å². The third-order valence-corrected chi connectivity index (χ3v) is 3.80. The van der Waals surface area contributed by atoms with Gasteiger partial charge in [0.15, 0.2) is 0 Å². The molecule has 1 unspecified atom stereocenters. The van der Waals surface area contributed by atoms with E-state index in [2.05, 4.69) is 5.32 Å². The SMILES string of the molecule is CNC(C)c1cc(F)ccc1SCCCOC. The summed E-state index contributed by atoms with van der Waals surface area (Å²) in [5.41, 5.74) is 1.02. The van der Waals surface area contributed by atoms with Gasteiger partial charge in [0, 0.05) is 30.4 Å². The molecule has 0 radical (unpaired) electrons. The molecule has 0 aliphatic rings. The smallest absolute Gasteiger partial charge is 0.123 e. The molecule has 0 aliphatic heterocycles. The molecule has 0 amide bonds. The summed E-state index contributed by atoms with van der Waals surface area (Å²) in [6.07, 6.45) is 1.01. The van der Waals surface area contributed by atoms with E-state index >= 15 is 0 Å². The van der Waals surface area contributed by atoms with Gasteiger partial charge in [0.2, 0.25) is 0 Å². The summed E-state index contributed by atoms with van der Waals surface area (Å²) in [5, 5.41) is 3.15. The number of benzene rings is 1. The van der Waals surface area contributed by atoms with Crippen molar-refractivity contribution < 1.29 is 9.13 Å². The van der Waals surface area contributed by atoms with Crippen LogP contribution in [-0.2, 0) is 4.74 Å². The van der Waals surface area contributed by atoms with Gasteiger partial charge in [-0.15, -0.1) is 11.8 Å². The molecule has 1 aromatic rings. The van der Waals surface area contributed by atoms with Gasteiger partial charge in [-0.05, 0) is 44.2 Å². The van der Waals surface area contributed by atoms with Gasteiger partial charge in [-0.25, -0.2) is 4.39 Å². The lowest BCUT2D eigenvalue weighted by molar-refractivity contribution is 0.200. The van der Waals surface area contributed by atoms with E-state index in [0.29, 0.717) is 0 Å². The number of hydrogen-bond acceptors (Lipinski definition) is 3. The molecule has 0 saturated carbocycles. The molecule has 0 bridgehead atoms. The van der Waals surface area contributed by atoms with Crippen LogP contribution in [0.3, 0.4) is 0 Å². The maximum atomic E-state index is 13.2. The predicted molar refractivity (Wildman–Crippen MR) is 71.1 cm³/mol. The normalized spacial score (nSPS) is 12.7. The number of halogens is 1. The monoisotopic (exact) mass is 257 g/mol. The summed E-state index contributed by atoms with van der Waals surface area (Å²) >= 11 is 1.75. The van der Waals surface area contributed by atoms with Crippen LogP contribution in [0.5, 0.6) is 0 Å². The van der Waals surface area contributed by atoms with Crippen LogP contribution in [0.25, 0.3) is 0 Å². The highest BCUT2D eigenvalue weighted by atomic mass is 32.2. The molecule has 1 N–H and O–H groups in total. The van der Waals surface area contributed by atoms with Crippen molar-refractivity contribution in [2.45, 2.75) is 24.3 Å². The van der Waals surface area contributed by atoms with Gasteiger partial charge in [0.05, 0.1) is 0 Å². The van der Waals surface area contributed by atoms with Crippen LogP contribution in [0, 0.1) is 5.82 Å². The zero-order valence-corrected chi connectivity index (χ0v) is 11.4. The van der Waals surface area contributed by atoms with E-state index in [0.717, 1.165) is 29.2 Å². The molecule has 2 nitrogen and oxygen atoms in total. The van der Waals surface area contributed by atoms with Gasteiger partial charge in [-0.3, -0.25) is 0 Å². The van der Waals surface area contributed by atoms with Crippen LogP contribution in [0.4, 0.5) is 4.39 Å². The molecular formula is C13H20FNOS. The molecule has 4 heteroatoms. The zero-order chi connectivity index (χ0) is 12.7. The molecule has 0 fully saturated rings. The number of ether oxygens (including phenoxy) is 1. The Kier molecular flexibility index (Phi) is 6.55. The van der Waals surface area contributed by atoms with Crippen molar-refractivity contribution in [2.75, 3.05) is 26.5 Å². The lowest BCUT2D eigenvalue weighted by Gasteiger charge is -2.15. The second kappa shape index (κ2) is 7.69. The van der Waals surface area contributed by atoms with E-state index in [-0.39, 0.29) is 11.9 Å². The first-order chi connectivity index (χ1) is 8.19. The van der Waals surface area contributed by atoms with Crippen molar-refractivity contribution >= 4 is 11.8 Å². The summed E-state index contributed by atoms with van der Waals surface area (Å²) in [4.78, 5) is 1.14. The second-order valence-electron chi connectivity index (χ2n) is 3.89. The fourth-order valence-corrected chi connectivity index (χ4v) is 2.58. The Bertz CT molecular complexity index is 346. The Morgan fingerprint density at radius 3 is 2.88 bits per heavy atom. The van der Waals surface area contributed by atoms with Crippen LogP contribution in [0.1, 0.15) is 24.9 Å². The van der Waals surface area contributed by atoms with E-state index in [4.69, 9.17) is 4.74 Å². The Labute approximate surface area is 107 Å². The molecule has 1 aromatic carbocycles. The van der Waals surface area contributed by atoms with Gasteiger partial charge in [0.1, 0.15) is 5.82 Å². The van der Waals surface area contributed by atoms with E-state index < -0.39 is 0 Å². The fourth-order valence-electron chi connectivity index (χ4n) is 1.53. The van der Waals surface area contributed by atoms with E-state index in [1.54, 1.807) is 24.9 Å². The lowest BCUT2D eigenvalue weighted by atomic mass is 10.1. The molecule has 0 spiro atoms. The number of rotatable bonds is 7. The van der Waals surface area contributed by atoms with Crippen molar-refractivity contribution in [2.24, 2.45) is 0 Å². The highest BCUT2D eigenvalue weighted by Gasteiger charge is 2.10. The van der Waals surface area contributed by atoms with E-state index in [1.807, 2.05) is 20.0 Å². The standard InChI is InChI=1S/C13H20FNOS/c1-10(15-2)12-9-11(14)5-6-13(12)17-8-4-7-16-3/h5-6,9-10,15H,4,7-8H2,1-3H3. The largest absolute Gasteiger partial charge is 0.385 e. The van der Waals surface area contributed by atoms with Crippen LogP contribution < -0.4 is 5.32 Å². The second-order valence-corrected chi connectivity index (χ2v) is 5.02. The highest BCUT2D eigenvalue weighted by molar-refractivity contribution is 7.99. The number of nitrogens with one attached hydrogen (secondary N) is 1. The summed E-state index contributed by atoms with van der Waals surface area (Å²) in [6.45, 7) is 2.80. The van der Waals surface area contributed by atoms with Crippen molar-refractivity contribution in [3.8, 4) is 0 Å². The quantitative estimate of drug-likeness (QED) is 0.598. The minimum Gasteiger partial charge on any atom is -0.385 e. The van der Waals surface area contributed by atoms with Crippen LogP contribution in [0.15, 0.2) is 23.1 Å². The molecule has 0 heterocycles. The summed E-state index contributed by atoms with van der Waals surface area (Å²) in [7, 11) is 3.59. The maximum Gasteiger partial charge on any atom is 0.123 e. The Balaban J connectivity index is 2.69. The first kappa shape index (κ1) is 14.5. The third kappa shape index (κ3) is 4.66. The molecule has 0 saturated heterocycles. The van der Waals surface area contributed by atoms with E-state index in [1.165, 1.54) is 6.07 Å². The Morgan fingerprint density at radius 1 is 1.47 bits per heavy atom. The fraction of sp³-hybridized carbons (Fsp3) is 0.538. The Hall–Kier alpha value is -0.580. The minimum atomic E-state index is -0.177. The highest BCUT2D eigenvalue weighted by Crippen LogP contribution is 2.28. The molecule has 0 aliphatic carbocycles. The summed E-state index contributed by atoms with van der Waals surface area (Å²) < 4.78 is 18.2. The number of thioether (sulfide) groups is 1. The number of hydrogen-bond donors (Lipinski definition) is 1. The molecule has 1 atom stereocenters. The zero-order valence-electron chi connectivity index (χ0n) is 10.6. The van der Waals surface area contributed by atoms with Crippen molar-refractivity contribution in [1.29, 1.82) is 0 Å². The minimum absolute atomic E-state index is 0.163. The molecular weight excluding hydrogens is 237 g/mol. The average Bonchev–Trinajstić information content (AvgIpc) is 2.35. The number of methoxy groups -OCH3 is 1. The lowest BCUT2D eigenvalue weighted by Crippen LogP contribution is -2.13. The van der Waals surface area contributed by atoms with Gasteiger partial charge < -0.3 is 10.1 Å². The van der Waals surface area contributed by atoms with Gasteiger partial charge in [0.25, 0.3) is 0 Å². The topological polar surface area (TPSA) is 21.3 Å². The Morgan fingerprint density at radius 2 is 2.24 bits per heavy atom. The van der Waals surface area contributed by atoms with Crippen molar-refractivity contribution in [1.82, 2.24) is 5.32 Å². The first-order valence-corrected chi connectivity index (χ1v) is 6.76. The molecule has 1 rings (SSSR count). The van der Waals surface area contributed by atoms with E-state index in [9.17, 15) is 4.39 Å². The van der Waals surface area contributed by atoms with Crippen LogP contribution in [-0.4, -0.2) is 26.5 Å². The summed E-state index contributed by atoms with van der Waals surface area (Å²) in [5.74, 6) is 0.812. The maximum absolute atomic E-state index is 13.2. The predicted octanol–water partition coefficient (Wildman–Crippen LogP) is 3.23. The van der Waals surface area contributed by atoms with Crippen LogP contribution >= 0.6 is 11.8 Å². The van der Waals surface area contributed by atoms with Crippen molar-refractivity contribution in [3.05, 3.63) is 29.6 Å². The molecule has 0 aromatic heterocycles.